The molecule has 82 valence electrons. The molecule has 1 aliphatic rings. The molecule has 0 atom stereocenters. The quantitative estimate of drug-likeness (QED) is 0.671. The van der Waals surface area contributed by atoms with Crippen LogP contribution in [0.15, 0.2) is 18.5 Å². The van der Waals surface area contributed by atoms with Crippen molar-refractivity contribution in [3.05, 3.63) is 24.0 Å². The largest absolute Gasteiger partial charge is 0.361 e. The van der Waals surface area contributed by atoms with Crippen molar-refractivity contribution >= 4 is 5.78 Å². The molecule has 0 spiro atoms. The summed E-state index contributed by atoms with van der Waals surface area (Å²) in [5.41, 5.74) is 0.785. The summed E-state index contributed by atoms with van der Waals surface area (Å²) in [6.07, 6.45) is 6.94. The standard InChI is InChI=1S/C12H17NO2/c1-2-12(14)11-5-6-13(7-11)9-15-8-10-3-4-10/h5-7,10H,2-4,8-9H2,1H3. The van der Waals surface area contributed by atoms with E-state index in [4.69, 9.17) is 4.74 Å². The average molecular weight is 207 g/mol. The lowest BCUT2D eigenvalue weighted by Gasteiger charge is -2.03. The van der Waals surface area contributed by atoms with Crippen LogP contribution in [0.25, 0.3) is 0 Å². The predicted octanol–water partition coefficient (Wildman–Crippen LogP) is 2.46. The SMILES string of the molecule is CCC(=O)c1ccn(COCC2CC2)c1. The van der Waals surface area contributed by atoms with Crippen molar-refractivity contribution in [1.82, 2.24) is 4.57 Å². The molecule has 2 rings (SSSR count). The molecule has 0 aliphatic heterocycles. The van der Waals surface area contributed by atoms with Crippen LogP contribution in [0, 0.1) is 5.92 Å². The second-order valence-corrected chi connectivity index (χ2v) is 4.13. The van der Waals surface area contributed by atoms with Gasteiger partial charge in [-0.25, -0.2) is 0 Å². The Kier molecular flexibility index (Phi) is 3.21. The van der Waals surface area contributed by atoms with Gasteiger partial charge in [0.05, 0.1) is 6.61 Å². The van der Waals surface area contributed by atoms with Crippen LogP contribution >= 0.6 is 0 Å². The second-order valence-electron chi connectivity index (χ2n) is 4.13. The van der Waals surface area contributed by atoms with E-state index in [-0.39, 0.29) is 5.78 Å². The van der Waals surface area contributed by atoms with E-state index >= 15 is 0 Å². The molecule has 1 saturated carbocycles. The maximum atomic E-state index is 11.4. The van der Waals surface area contributed by atoms with E-state index in [9.17, 15) is 4.79 Å². The molecule has 1 heterocycles. The number of Topliss-reactive ketones (excluding diaryl/α,β-unsaturated/α-hetero) is 1. The van der Waals surface area contributed by atoms with Gasteiger partial charge in [-0.2, -0.15) is 0 Å². The van der Waals surface area contributed by atoms with Gasteiger partial charge in [-0.1, -0.05) is 6.92 Å². The summed E-state index contributed by atoms with van der Waals surface area (Å²) >= 11 is 0. The highest BCUT2D eigenvalue weighted by molar-refractivity contribution is 5.95. The van der Waals surface area contributed by atoms with E-state index in [0.717, 1.165) is 18.1 Å². The molecule has 1 aromatic rings. The molecule has 0 saturated heterocycles. The molecule has 15 heavy (non-hydrogen) atoms. The van der Waals surface area contributed by atoms with Gasteiger partial charge >= 0.3 is 0 Å². The number of aromatic nitrogens is 1. The van der Waals surface area contributed by atoms with Crippen molar-refractivity contribution in [3.8, 4) is 0 Å². The fourth-order valence-electron chi connectivity index (χ4n) is 1.50. The molecule has 0 unspecified atom stereocenters. The number of nitrogens with zero attached hydrogens (tertiary/aromatic N) is 1. The molecular formula is C12H17NO2. The van der Waals surface area contributed by atoms with Crippen LogP contribution < -0.4 is 0 Å². The fraction of sp³-hybridized carbons (Fsp3) is 0.583. The van der Waals surface area contributed by atoms with Crippen molar-refractivity contribution in [1.29, 1.82) is 0 Å². The molecule has 0 bridgehead atoms. The molecule has 0 radical (unpaired) electrons. The van der Waals surface area contributed by atoms with Crippen LogP contribution in [0.3, 0.4) is 0 Å². The van der Waals surface area contributed by atoms with E-state index in [0.29, 0.717) is 13.2 Å². The van der Waals surface area contributed by atoms with Gasteiger partial charge in [-0.3, -0.25) is 4.79 Å². The summed E-state index contributed by atoms with van der Waals surface area (Å²) in [5, 5.41) is 0. The Labute approximate surface area is 90.0 Å². The molecule has 1 aliphatic carbocycles. The summed E-state index contributed by atoms with van der Waals surface area (Å²) in [6.45, 7) is 3.30. The maximum Gasteiger partial charge on any atom is 0.164 e. The first kappa shape index (κ1) is 10.4. The maximum absolute atomic E-state index is 11.4. The number of carbonyl (C=O) groups excluding carboxylic acids is 1. The molecule has 1 fully saturated rings. The number of ether oxygens (including phenoxy) is 1. The Bertz CT molecular complexity index is 339. The molecular weight excluding hydrogens is 190 g/mol. The van der Waals surface area contributed by atoms with Gasteiger partial charge < -0.3 is 9.30 Å². The Morgan fingerprint density at radius 3 is 3.07 bits per heavy atom. The Morgan fingerprint density at radius 2 is 2.40 bits per heavy atom. The van der Waals surface area contributed by atoms with Crippen molar-refractivity contribution < 1.29 is 9.53 Å². The number of hydrogen-bond acceptors (Lipinski definition) is 2. The lowest BCUT2D eigenvalue weighted by atomic mass is 10.2. The van der Waals surface area contributed by atoms with Gasteiger partial charge in [0.25, 0.3) is 0 Å². The van der Waals surface area contributed by atoms with Crippen LogP contribution in [0.4, 0.5) is 0 Å². The molecule has 0 aromatic carbocycles. The van der Waals surface area contributed by atoms with Crippen molar-refractivity contribution in [2.75, 3.05) is 6.61 Å². The summed E-state index contributed by atoms with van der Waals surface area (Å²) in [4.78, 5) is 11.4. The lowest BCUT2D eigenvalue weighted by molar-refractivity contribution is 0.0691. The van der Waals surface area contributed by atoms with Crippen molar-refractivity contribution in [3.63, 3.8) is 0 Å². The topological polar surface area (TPSA) is 31.2 Å². The lowest BCUT2D eigenvalue weighted by Crippen LogP contribution is -2.03. The Morgan fingerprint density at radius 1 is 1.60 bits per heavy atom. The smallest absolute Gasteiger partial charge is 0.164 e. The highest BCUT2D eigenvalue weighted by Gasteiger charge is 2.21. The minimum atomic E-state index is 0.191. The van der Waals surface area contributed by atoms with Crippen LogP contribution in [-0.4, -0.2) is 17.0 Å². The van der Waals surface area contributed by atoms with E-state index in [1.807, 2.05) is 30.0 Å². The summed E-state index contributed by atoms with van der Waals surface area (Å²) in [5.74, 6) is 0.980. The molecule has 0 amide bonds. The Hall–Kier alpha value is -1.09. The number of hydrogen-bond donors (Lipinski definition) is 0. The molecule has 0 N–H and O–H groups in total. The number of ketones is 1. The molecule has 3 heteroatoms. The zero-order valence-electron chi connectivity index (χ0n) is 9.11. The third-order valence-electron chi connectivity index (χ3n) is 2.68. The zero-order chi connectivity index (χ0) is 10.7. The van der Waals surface area contributed by atoms with Crippen molar-refractivity contribution in [2.24, 2.45) is 5.92 Å². The first-order valence-corrected chi connectivity index (χ1v) is 5.56. The third-order valence-corrected chi connectivity index (χ3v) is 2.68. The second kappa shape index (κ2) is 4.62. The van der Waals surface area contributed by atoms with Gasteiger partial charge in [-0.05, 0) is 24.8 Å². The minimum Gasteiger partial charge on any atom is -0.361 e. The van der Waals surface area contributed by atoms with Crippen LogP contribution in [0.2, 0.25) is 0 Å². The summed E-state index contributed by atoms with van der Waals surface area (Å²) < 4.78 is 7.44. The monoisotopic (exact) mass is 207 g/mol. The number of rotatable bonds is 6. The molecule has 3 nitrogen and oxygen atoms in total. The van der Waals surface area contributed by atoms with E-state index in [1.54, 1.807) is 0 Å². The van der Waals surface area contributed by atoms with Gasteiger partial charge in [-0.15, -0.1) is 0 Å². The van der Waals surface area contributed by atoms with Crippen molar-refractivity contribution in [2.45, 2.75) is 32.9 Å². The number of carbonyl (C=O) groups is 1. The first-order chi connectivity index (χ1) is 7.29. The summed E-state index contributed by atoms with van der Waals surface area (Å²) in [6, 6.07) is 1.85. The van der Waals surface area contributed by atoms with Crippen LogP contribution in [0.1, 0.15) is 36.5 Å². The van der Waals surface area contributed by atoms with Gasteiger partial charge in [0.15, 0.2) is 5.78 Å². The molecule has 1 aromatic heterocycles. The van der Waals surface area contributed by atoms with E-state index in [2.05, 4.69) is 0 Å². The first-order valence-electron chi connectivity index (χ1n) is 5.56. The Balaban J connectivity index is 1.80. The van der Waals surface area contributed by atoms with Gasteiger partial charge in [0, 0.05) is 24.4 Å². The van der Waals surface area contributed by atoms with Crippen LogP contribution in [0.5, 0.6) is 0 Å². The summed E-state index contributed by atoms with van der Waals surface area (Å²) in [7, 11) is 0. The normalized spacial score (nSPS) is 15.5. The van der Waals surface area contributed by atoms with Crippen LogP contribution in [-0.2, 0) is 11.5 Å². The predicted molar refractivity (Wildman–Crippen MR) is 57.7 cm³/mol. The van der Waals surface area contributed by atoms with Gasteiger partial charge in [0.1, 0.15) is 6.73 Å². The minimum absolute atomic E-state index is 0.191. The fourth-order valence-corrected chi connectivity index (χ4v) is 1.50. The zero-order valence-corrected chi connectivity index (χ0v) is 9.11. The highest BCUT2D eigenvalue weighted by Crippen LogP contribution is 2.28. The van der Waals surface area contributed by atoms with E-state index < -0.39 is 0 Å². The third kappa shape index (κ3) is 2.93. The van der Waals surface area contributed by atoms with Gasteiger partial charge in [0.2, 0.25) is 0 Å². The average Bonchev–Trinajstić information content (AvgIpc) is 2.94. The highest BCUT2D eigenvalue weighted by atomic mass is 16.5. The van der Waals surface area contributed by atoms with E-state index in [1.165, 1.54) is 12.8 Å².